The Balaban J connectivity index is 0.892. The zero-order valence-corrected chi connectivity index (χ0v) is 37.1. The quantitative estimate of drug-likeness (QED) is 0.101. The van der Waals surface area contributed by atoms with Crippen LogP contribution in [-0.4, -0.2) is 92.6 Å². The zero-order valence-electron chi connectivity index (χ0n) is 37.1. The van der Waals surface area contributed by atoms with Gasteiger partial charge in [0.25, 0.3) is 5.92 Å². The first kappa shape index (κ1) is 43.1. The largest absolute Gasteiger partial charge is 0.453 e. The normalized spacial score (nSPS) is 22.5. The summed E-state index contributed by atoms with van der Waals surface area (Å²) in [4.78, 5) is 72.3. The number of nitrogens with zero attached hydrogens (tertiary/aromatic N) is 5. The van der Waals surface area contributed by atoms with Crippen LogP contribution in [0.25, 0.3) is 44.5 Å². The summed E-state index contributed by atoms with van der Waals surface area (Å²) in [6, 6.07) is 15.4. The van der Waals surface area contributed by atoms with Crippen LogP contribution in [0.1, 0.15) is 100 Å². The van der Waals surface area contributed by atoms with E-state index in [1.807, 2.05) is 43.0 Å². The van der Waals surface area contributed by atoms with Crippen LogP contribution in [0.5, 0.6) is 0 Å². The van der Waals surface area contributed by atoms with Crippen molar-refractivity contribution in [2.45, 2.75) is 101 Å². The predicted octanol–water partition coefficient (Wildman–Crippen LogP) is 8.26. The number of halogens is 2. The van der Waals surface area contributed by atoms with Gasteiger partial charge in [-0.25, -0.2) is 19.6 Å². The molecule has 17 heteroatoms. The first-order valence-corrected chi connectivity index (χ1v) is 22.6. The third kappa shape index (κ3) is 7.30. The number of alkyl carbamates (subject to hydrolysis) is 2. The van der Waals surface area contributed by atoms with Gasteiger partial charge in [-0.3, -0.25) is 9.59 Å². The van der Waals surface area contributed by atoms with E-state index >= 15 is 8.78 Å². The van der Waals surface area contributed by atoms with Gasteiger partial charge in [-0.2, -0.15) is 14.0 Å². The molecule has 5 aliphatic rings. The van der Waals surface area contributed by atoms with Crippen molar-refractivity contribution in [3.8, 4) is 39.6 Å². The van der Waals surface area contributed by atoms with E-state index < -0.39 is 30.2 Å². The molecular formula is C49H51F2N9O6. The zero-order chi connectivity index (χ0) is 46.2. The number of aromatic nitrogens is 4. The van der Waals surface area contributed by atoms with Crippen LogP contribution < -0.4 is 10.6 Å². The van der Waals surface area contributed by atoms with E-state index in [1.165, 1.54) is 20.3 Å². The van der Waals surface area contributed by atoms with Gasteiger partial charge in [-0.05, 0) is 109 Å². The molecule has 2 saturated carbocycles. The number of hydrogen-bond donors (Lipinski definition) is 4. The molecule has 2 aliphatic heterocycles. The number of nitrogens with one attached hydrogen (secondary N) is 4. The lowest BCUT2D eigenvalue weighted by Crippen LogP contribution is -2.51. The van der Waals surface area contributed by atoms with Crippen molar-refractivity contribution < 1.29 is 37.4 Å². The summed E-state index contributed by atoms with van der Waals surface area (Å²) in [5, 5.41) is 14.6. The van der Waals surface area contributed by atoms with Crippen molar-refractivity contribution in [1.82, 2.24) is 40.4 Å². The van der Waals surface area contributed by atoms with Gasteiger partial charge >= 0.3 is 12.2 Å². The number of carbonyl (C=O) groups is 4. The van der Waals surface area contributed by atoms with Crippen molar-refractivity contribution in [2.24, 2.45) is 17.3 Å². The van der Waals surface area contributed by atoms with Crippen molar-refractivity contribution >= 4 is 35.0 Å². The first-order valence-electron chi connectivity index (χ1n) is 22.6. The molecule has 3 aliphatic carbocycles. The predicted molar refractivity (Wildman–Crippen MR) is 237 cm³/mol. The Bertz CT molecular complexity index is 2830. The number of piperidine rings is 1. The van der Waals surface area contributed by atoms with Gasteiger partial charge in [-0.1, -0.05) is 44.2 Å². The summed E-state index contributed by atoms with van der Waals surface area (Å²) in [6.45, 7) is 4.28. The summed E-state index contributed by atoms with van der Waals surface area (Å²) >= 11 is 0. The number of hydrogen-bond acceptors (Lipinski definition) is 9. The fourth-order valence-corrected chi connectivity index (χ4v) is 11.0. The number of fused-ring (bicyclic) bond motifs is 6. The fourth-order valence-electron chi connectivity index (χ4n) is 11.0. The Kier molecular flexibility index (Phi) is 10.6. The average molecular weight is 900 g/mol. The van der Waals surface area contributed by atoms with Gasteiger partial charge in [0, 0.05) is 35.7 Å². The lowest BCUT2D eigenvalue weighted by Gasteiger charge is -2.36. The highest BCUT2D eigenvalue weighted by molar-refractivity contribution is 5.89. The third-order valence-electron chi connectivity index (χ3n) is 14.6. The van der Waals surface area contributed by atoms with Crippen molar-refractivity contribution in [3.05, 3.63) is 83.6 Å². The summed E-state index contributed by atoms with van der Waals surface area (Å²) in [5.41, 5.74) is 4.47. The number of aromatic amines is 2. The van der Waals surface area contributed by atoms with E-state index in [-0.39, 0.29) is 71.2 Å². The lowest BCUT2D eigenvalue weighted by atomic mass is 9.97. The SMILES string of the molecule is COC(=O)NC(CCC#N)C(=O)N1C2CCC(C2)C1c1nc2ccc(-c3ccc4c(c3)C(F)(F)c3cc(-c5cnc(C6CC7(CC7)CN6C(=O)C(NC(=O)OC)C(C)C)[nH]5)ccc3-4)cc2[nH]1. The Labute approximate surface area is 379 Å². The molecular weight excluding hydrogens is 849 g/mol. The van der Waals surface area contributed by atoms with Gasteiger partial charge < -0.3 is 39.9 Å². The number of ether oxygens (including phenoxy) is 2. The molecule has 2 saturated heterocycles. The smallest absolute Gasteiger partial charge is 0.407 e. The Morgan fingerprint density at radius 1 is 0.894 bits per heavy atom. The monoisotopic (exact) mass is 899 g/mol. The maximum Gasteiger partial charge on any atom is 0.407 e. The molecule has 4 amide bonds. The van der Waals surface area contributed by atoms with Gasteiger partial charge in [0.05, 0.1) is 55.3 Å². The van der Waals surface area contributed by atoms with Crippen LogP contribution >= 0.6 is 0 Å². The standard InChI is InChI=1S/C49H51F2N9O6/c1-25(2)40(58-47(64)66-4)45(62)59-24-48(15-16-48)22-39(59)42-53-23-38(56-42)28-9-13-32-31-12-8-26(19-33(31)49(50,51)34(32)20-28)27-10-14-35-37(21-27)55-43(54-35)41-29-7-11-30(18-29)60(41)44(61)36(6-5-17-52)57-46(63)65-3/h8-10,12-14,19-21,23,25,29-30,36,39-41H,5-7,11,15-16,18,22,24H2,1-4H3,(H,53,56)(H,54,55)(H,57,63)(H,58,64). The summed E-state index contributed by atoms with van der Waals surface area (Å²) in [5.74, 6) is -2.64. The highest BCUT2D eigenvalue weighted by Gasteiger charge is 2.56. The molecule has 66 heavy (non-hydrogen) atoms. The Morgan fingerprint density at radius 3 is 2.27 bits per heavy atom. The van der Waals surface area contributed by atoms with Crippen LogP contribution in [0.4, 0.5) is 18.4 Å². The molecule has 4 heterocycles. The number of carbonyl (C=O) groups excluding carboxylic acids is 4. The first-order chi connectivity index (χ1) is 31.7. The van der Waals surface area contributed by atoms with Crippen molar-refractivity contribution in [1.29, 1.82) is 5.26 Å². The highest BCUT2D eigenvalue weighted by atomic mass is 19.3. The van der Waals surface area contributed by atoms with Crippen molar-refractivity contribution in [2.75, 3.05) is 20.8 Å². The van der Waals surface area contributed by atoms with E-state index in [4.69, 9.17) is 19.4 Å². The van der Waals surface area contributed by atoms with Crippen LogP contribution in [0.2, 0.25) is 0 Å². The van der Waals surface area contributed by atoms with Gasteiger partial charge in [0.1, 0.15) is 23.7 Å². The molecule has 3 aromatic carbocycles. The Hall–Kier alpha value is -6.83. The number of nitriles is 1. The molecule has 15 nitrogen and oxygen atoms in total. The summed E-state index contributed by atoms with van der Waals surface area (Å²) < 4.78 is 42.9. The summed E-state index contributed by atoms with van der Waals surface area (Å²) in [6.07, 6.45) is 5.70. The highest BCUT2D eigenvalue weighted by Crippen LogP contribution is 2.59. The summed E-state index contributed by atoms with van der Waals surface area (Å²) in [7, 11) is 2.49. The Morgan fingerprint density at radius 2 is 1.58 bits per heavy atom. The van der Waals surface area contributed by atoms with E-state index in [0.29, 0.717) is 69.2 Å². The second-order valence-corrected chi connectivity index (χ2v) is 19.0. The molecule has 5 aromatic rings. The van der Waals surface area contributed by atoms with E-state index in [9.17, 15) is 24.4 Å². The molecule has 10 rings (SSSR count). The van der Waals surface area contributed by atoms with Crippen molar-refractivity contribution in [3.63, 3.8) is 0 Å². The molecule has 6 unspecified atom stereocenters. The molecule has 4 fully saturated rings. The second kappa shape index (κ2) is 16.2. The lowest BCUT2D eigenvalue weighted by molar-refractivity contribution is -0.138. The molecule has 2 aromatic heterocycles. The number of benzene rings is 3. The molecule has 342 valence electrons. The third-order valence-corrected chi connectivity index (χ3v) is 14.6. The van der Waals surface area contributed by atoms with Gasteiger partial charge in [0.2, 0.25) is 11.8 Å². The molecule has 6 atom stereocenters. The number of alkyl halides is 2. The minimum Gasteiger partial charge on any atom is -0.453 e. The number of imidazole rings is 2. The number of methoxy groups -OCH3 is 2. The topological polar surface area (TPSA) is 198 Å². The minimum absolute atomic E-state index is 0.00300. The van der Waals surface area contributed by atoms with Crippen LogP contribution in [0.15, 0.2) is 60.8 Å². The molecule has 0 radical (unpaired) electrons. The fraction of sp³-hybridized carbons (Fsp3) is 0.449. The maximum absolute atomic E-state index is 16.7. The van der Waals surface area contributed by atoms with Crippen LogP contribution in [0, 0.1) is 28.6 Å². The minimum atomic E-state index is -3.30. The number of rotatable bonds is 11. The molecule has 2 bridgehead atoms. The molecule has 1 spiro atoms. The van der Waals surface area contributed by atoms with E-state index in [2.05, 4.69) is 26.7 Å². The molecule has 4 N–H and O–H groups in total. The maximum atomic E-state index is 16.7. The van der Waals surface area contributed by atoms with Crippen LogP contribution in [0.3, 0.4) is 0 Å². The number of amides is 4. The van der Waals surface area contributed by atoms with E-state index in [0.717, 1.165) is 32.1 Å². The second-order valence-electron chi connectivity index (χ2n) is 19.0. The number of H-pyrrole nitrogens is 2. The van der Waals surface area contributed by atoms with Gasteiger partial charge in [0.15, 0.2) is 0 Å². The van der Waals surface area contributed by atoms with Gasteiger partial charge in [-0.15, -0.1) is 0 Å². The number of likely N-dealkylation sites (tertiary alicyclic amines) is 2. The van der Waals surface area contributed by atoms with E-state index in [1.54, 1.807) is 35.4 Å². The average Bonchev–Trinajstić information content (AvgIpc) is 3.98. The van der Waals surface area contributed by atoms with Crippen LogP contribution in [-0.2, 0) is 25.0 Å².